The van der Waals surface area contributed by atoms with E-state index >= 15 is 0 Å². The Morgan fingerprint density at radius 2 is 2.36 bits per heavy atom. The molecule has 0 aromatic carbocycles. The fourth-order valence-corrected chi connectivity index (χ4v) is 1.75. The molecule has 1 aliphatic heterocycles. The van der Waals surface area contributed by atoms with Crippen LogP contribution in [0.4, 0.5) is 0 Å². The zero-order valence-corrected chi connectivity index (χ0v) is 8.15. The van der Waals surface area contributed by atoms with E-state index < -0.39 is 0 Å². The van der Waals surface area contributed by atoms with E-state index in [1.54, 1.807) is 0 Å². The molecule has 1 aromatic heterocycles. The highest BCUT2D eigenvalue weighted by Gasteiger charge is 2.24. The van der Waals surface area contributed by atoms with Crippen LogP contribution in [0.15, 0.2) is 18.3 Å². The fourth-order valence-electron chi connectivity index (χ4n) is 1.75. The molecule has 14 heavy (non-hydrogen) atoms. The average molecular weight is 190 g/mol. The van der Waals surface area contributed by atoms with Gasteiger partial charge in [0.25, 0.3) is 0 Å². The molecule has 0 atom stereocenters. The van der Waals surface area contributed by atoms with Crippen LogP contribution in [0, 0.1) is 0 Å². The van der Waals surface area contributed by atoms with E-state index in [1.165, 1.54) is 12.8 Å². The summed E-state index contributed by atoms with van der Waals surface area (Å²) < 4.78 is 7.63. The van der Waals surface area contributed by atoms with Crippen LogP contribution in [0.2, 0.25) is 0 Å². The molecule has 3 nitrogen and oxygen atoms in total. The third kappa shape index (κ3) is 1.43. The van der Waals surface area contributed by atoms with Crippen LogP contribution < -0.4 is 0 Å². The molecule has 3 rings (SSSR count). The Kier molecular flexibility index (Phi) is 1.82. The zero-order chi connectivity index (χ0) is 9.38. The van der Waals surface area contributed by atoms with Crippen LogP contribution >= 0.6 is 0 Å². The van der Waals surface area contributed by atoms with Gasteiger partial charge in [-0.05, 0) is 37.8 Å². The molecule has 1 aliphatic carbocycles. The second-order valence-corrected chi connectivity index (χ2v) is 3.97. The summed E-state index contributed by atoms with van der Waals surface area (Å²) in [5.74, 6) is 0.968. The van der Waals surface area contributed by atoms with E-state index in [9.17, 15) is 0 Å². The molecule has 0 unspecified atom stereocenters. The number of aromatic nitrogens is 2. The monoisotopic (exact) mass is 190 g/mol. The van der Waals surface area contributed by atoms with Crippen LogP contribution in [0.5, 0.6) is 0 Å². The van der Waals surface area contributed by atoms with Crippen LogP contribution in [-0.4, -0.2) is 16.4 Å². The van der Waals surface area contributed by atoms with Crippen molar-refractivity contribution < 1.29 is 4.74 Å². The van der Waals surface area contributed by atoms with Gasteiger partial charge in [-0.1, -0.05) is 0 Å². The molecule has 2 heterocycles. The largest absolute Gasteiger partial charge is 0.492 e. The predicted octanol–water partition coefficient (Wildman–Crippen LogP) is 2.37. The molecule has 2 aliphatic rings. The molecule has 0 bridgehead atoms. The molecule has 1 aromatic rings. The Balaban J connectivity index is 1.84. The standard InChI is InChI=1S/C11H14N2O/c1-2-8-14-11(3-1)10-6-7-13(12-10)9-4-5-9/h3,6-7,9H,1-2,4-5,8H2. The van der Waals surface area contributed by atoms with Crippen molar-refractivity contribution in [3.63, 3.8) is 0 Å². The fraction of sp³-hybridized carbons (Fsp3) is 0.545. The predicted molar refractivity (Wildman–Crippen MR) is 53.7 cm³/mol. The van der Waals surface area contributed by atoms with Gasteiger partial charge in [-0.2, -0.15) is 5.10 Å². The lowest BCUT2D eigenvalue weighted by atomic mass is 10.2. The molecular formula is C11H14N2O. The van der Waals surface area contributed by atoms with E-state index in [0.717, 1.165) is 30.9 Å². The lowest BCUT2D eigenvalue weighted by Crippen LogP contribution is -2.02. The van der Waals surface area contributed by atoms with E-state index in [4.69, 9.17) is 4.74 Å². The second-order valence-electron chi connectivity index (χ2n) is 3.97. The molecule has 0 spiro atoms. The number of hydrogen-bond donors (Lipinski definition) is 0. The molecule has 0 radical (unpaired) electrons. The van der Waals surface area contributed by atoms with Crippen LogP contribution in [-0.2, 0) is 4.74 Å². The van der Waals surface area contributed by atoms with Gasteiger partial charge in [0.1, 0.15) is 11.5 Å². The maximum absolute atomic E-state index is 5.56. The highest BCUT2D eigenvalue weighted by molar-refractivity contribution is 5.56. The Bertz CT molecular complexity index is 363. The second kappa shape index (κ2) is 3.15. The molecule has 1 fully saturated rings. The summed E-state index contributed by atoms with van der Waals surface area (Å²) >= 11 is 0. The van der Waals surface area contributed by atoms with E-state index in [1.807, 2.05) is 0 Å². The third-order valence-corrected chi connectivity index (χ3v) is 2.72. The first kappa shape index (κ1) is 8.09. The first-order chi connectivity index (χ1) is 6.93. The minimum atomic E-state index is 0.660. The van der Waals surface area contributed by atoms with Crippen LogP contribution in [0.3, 0.4) is 0 Å². The van der Waals surface area contributed by atoms with Crippen molar-refractivity contribution in [2.24, 2.45) is 0 Å². The maximum atomic E-state index is 5.56. The van der Waals surface area contributed by atoms with Gasteiger partial charge in [0, 0.05) is 6.20 Å². The van der Waals surface area contributed by atoms with Gasteiger partial charge in [-0.25, -0.2) is 0 Å². The van der Waals surface area contributed by atoms with Crippen molar-refractivity contribution in [1.82, 2.24) is 9.78 Å². The van der Waals surface area contributed by atoms with Gasteiger partial charge in [0.05, 0.1) is 12.6 Å². The molecule has 0 saturated heterocycles. The Hall–Kier alpha value is -1.25. The SMILES string of the molecule is C1=C(c2ccn(C3CC3)n2)OCCC1. The summed E-state index contributed by atoms with van der Waals surface area (Å²) in [6.45, 7) is 0.835. The normalized spacial score (nSPS) is 21.6. The Morgan fingerprint density at radius 3 is 3.07 bits per heavy atom. The summed E-state index contributed by atoms with van der Waals surface area (Å²) in [6, 6.07) is 2.71. The lowest BCUT2D eigenvalue weighted by Gasteiger charge is -2.12. The van der Waals surface area contributed by atoms with Crippen molar-refractivity contribution >= 4 is 5.76 Å². The van der Waals surface area contributed by atoms with Gasteiger partial charge in [0.2, 0.25) is 0 Å². The molecule has 1 saturated carbocycles. The first-order valence-corrected chi connectivity index (χ1v) is 5.32. The molecular weight excluding hydrogens is 176 g/mol. The van der Waals surface area contributed by atoms with Crippen LogP contribution in [0.25, 0.3) is 5.76 Å². The van der Waals surface area contributed by atoms with Crippen molar-refractivity contribution in [2.45, 2.75) is 31.7 Å². The quantitative estimate of drug-likeness (QED) is 0.715. The lowest BCUT2D eigenvalue weighted by molar-refractivity contribution is 0.257. The minimum Gasteiger partial charge on any atom is -0.492 e. The van der Waals surface area contributed by atoms with E-state index in [2.05, 4.69) is 28.1 Å². The van der Waals surface area contributed by atoms with E-state index in [-0.39, 0.29) is 0 Å². The highest BCUT2D eigenvalue weighted by Crippen LogP contribution is 2.34. The average Bonchev–Trinajstić information content (AvgIpc) is 2.98. The topological polar surface area (TPSA) is 27.1 Å². The highest BCUT2D eigenvalue weighted by atomic mass is 16.5. The maximum Gasteiger partial charge on any atom is 0.142 e. The number of ether oxygens (including phenoxy) is 1. The number of rotatable bonds is 2. The summed E-state index contributed by atoms with van der Waals surface area (Å²) in [6.07, 6.45) is 9.01. The van der Waals surface area contributed by atoms with Crippen LogP contribution in [0.1, 0.15) is 37.4 Å². The van der Waals surface area contributed by atoms with Gasteiger partial charge in [0.15, 0.2) is 0 Å². The number of hydrogen-bond acceptors (Lipinski definition) is 2. The minimum absolute atomic E-state index is 0.660. The Morgan fingerprint density at radius 1 is 1.43 bits per heavy atom. The van der Waals surface area contributed by atoms with Crippen molar-refractivity contribution in [2.75, 3.05) is 6.61 Å². The smallest absolute Gasteiger partial charge is 0.142 e. The van der Waals surface area contributed by atoms with Crippen molar-refractivity contribution in [1.29, 1.82) is 0 Å². The number of allylic oxidation sites excluding steroid dienone is 1. The molecule has 74 valence electrons. The first-order valence-electron chi connectivity index (χ1n) is 5.32. The van der Waals surface area contributed by atoms with Gasteiger partial charge < -0.3 is 4.74 Å². The summed E-state index contributed by atoms with van der Waals surface area (Å²) in [7, 11) is 0. The molecule has 0 N–H and O–H groups in total. The zero-order valence-electron chi connectivity index (χ0n) is 8.15. The van der Waals surface area contributed by atoms with E-state index in [0.29, 0.717) is 6.04 Å². The van der Waals surface area contributed by atoms with Gasteiger partial charge >= 0.3 is 0 Å². The van der Waals surface area contributed by atoms with Crippen molar-refractivity contribution in [3.05, 3.63) is 24.0 Å². The molecule has 0 amide bonds. The summed E-state index contributed by atoms with van der Waals surface area (Å²) in [5, 5.41) is 4.52. The van der Waals surface area contributed by atoms with Crippen molar-refractivity contribution in [3.8, 4) is 0 Å². The van der Waals surface area contributed by atoms with Gasteiger partial charge in [-0.15, -0.1) is 0 Å². The van der Waals surface area contributed by atoms with Gasteiger partial charge in [-0.3, -0.25) is 4.68 Å². The Labute approximate surface area is 83.4 Å². The third-order valence-electron chi connectivity index (χ3n) is 2.72. The summed E-state index contributed by atoms with van der Waals surface area (Å²) in [4.78, 5) is 0. The summed E-state index contributed by atoms with van der Waals surface area (Å²) in [5.41, 5.74) is 0.997. The number of nitrogens with zero attached hydrogens (tertiary/aromatic N) is 2. The molecule has 3 heteroatoms.